The second kappa shape index (κ2) is 7.09. The fourth-order valence-corrected chi connectivity index (χ4v) is 2.39. The lowest BCUT2D eigenvalue weighted by atomic mass is 9.82. The van der Waals surface area contributed by atoms with Crippen LogP contribution in [0.5, 0.6) is 0 Å². The minimum Gasteiger partial charge on any atom is -0.481 e. The lowest BCUT2D eigenvalue weighted by Crippen LogP contribution is -2.47. The van der Waals surface area contributed by atoms with E-state index < -0.39 is 29.6 Å². The van der Waals surface area contributed by atoms with Crippen molar-refractivity contribution >= 4 is 29.4 Å². The molecule has 2 rings (SSSR count). The van der Waals surface area contributed by atoms with Gasteiger partial charge < -0.3 is 5.11 Å². The monoisotopic (exact) mass is 322 g/mol. The average molecular weight is 323 g/mol. The molecule has 1 aromatic rings. The Morgan fingerprint density at radius 1 is 1.00 bits per heavy atom. The Morgan fingerprint density at radius 3 is 2.18 bits per heavy atom. The Labute approximate surface area is 132 Å². The molecule has 1 aliphatic rings. The van der Waals surface area contributed by atoms with E-state index in [2.05, 4.69) is 10.9 Å². The van der Waals surface area contributed by atoms with E-state index in [1.54, 1.807) is 24.3 Å². The van der Waals surface area contributed by atoms with Gasteiger partial charge >= 0.3 is 5.97 Å². The van der Waals surface area contributed by atoms with E-state index in [1.165, 1.54) is 12.1 Å². The summed E-state index contributed by atoms with van der Waals surface area (Å²) in [6, 6.07) is 6.16. The fourth-order valence-electron chi connectivity index (χ4n) is 2.26. The zero-order chi connectivity index (χ0) is 16.1. The number of carbonyl (C=O) groups is 3. The molecule has 0 radical (unpaired) electrons. The Hall–Kier alpha value is -2.34. The predicted octanol–water partition coefficient (Wildman–Crippen LogP) is 1.77. The molecule has 3 N–H and O–H groups in total. The average Bonchev–Trinajstić information content (AvgIpc) is 2.53. The van der Waals surface area contributed by atoms with Crippen LogP contribution in [0.3, 0.4) is 0 Å². The number of benzene rings is 1. The van der Waals surface area contributed by atoms with Gasteiger partial charge in [0.25, 0.3) is 5.91 Å². The smallest absolute Gasteiger partial charge is 0.307 e. The van der Waals surface area contributed by atoms with Crippen molar-refractivity contribution in [2.24, 2.45) is 11.8 Å². The van der Waals surface area contributed by atoms with Gasteiger partial charge in [0, 0.05) is 10.6 Å². The predicted molar refractivity (Wildman–Crippen MR) is 80.1 cm³/mol. The highest BCUT2D eigenvalue weighted by atomic mass is 35.5. The van der Waals surface area contributed by atoms with Crippen LogP contribution >= 0.6 is 11.6 Å². The van der Waals surface area contributed by atoms with E-state index in [4.69, 9.17) is 16.7 Å². The van der Waals surface area contributed by atoms with Crippen LogP contribution in [0.1, 0.15) is 23.2 Å². The highest BCUT2D eigenvalue weighted by Crippen LogP contribution is 2.25. The van der Waals surface area contributed by atoms with Gasteiger partial charge in [-0.2, -0.15) is 0 Å². The largest absolute Gasteiger partial charge is 0.481 e. The first kappa shape index (κ1) is 16.0. The number of carbonyl (C=O) groups excluding carboxylic acids is 2. The SMILES string of the molecule is O=C(NNC(=O)[C@H]1CC=CC[C@@H]1C(=O)O)c1ccc(Cl)cc1. The lowest BCUT2D eigenvalue weighted by Gasteiger charge is -2.24. The van der Waals surface area contributed by atoms with E-state index >= 15 is 0 Å². The maximum absolute atomic E-state index is 12.1. The van der Waals surface area contributed by atoms with Crippen LogP contribution in [0.4, 0.5) is 0 Å². The molecule has 0 aliphatic heterocycles. The normalized spacial score (nSPS) is 20.2. The van der Waals surface area contributed by atoms with Gasteiger partial charge in [-0.05, 0) is 37.1 Å². The maximum Gasteiger partial charge on any atom is 0.307 e. The molecule has 0 fully saturated rings. The van der Waals surface area contributed by atoms with Gasteiger partial charge in [0.2, 0.25) is 5.91 Å². The van der Waals surface area contributed by atoms with Crippen molar-refractivity contribution in [3.05, 3.63) is 47.0 Å². The number of aliphatic carboxylic acids is 1. The van der Waals surface area contributed by atoms with Gasteiger partial charge in [-0.1, -0.05) is 23.8 Å². The van der Waals surface area contributed by atoms with Gasteiger partial charge in [0.1, 0.15) is 0 Å². The molecule has 1 aliphatic carbocycles. The van der Waals surface area contributed by atoms with Crippen LogP contribution in [0, 0.1) is 11.8 Å². The third kappa shape index (κ3) is 3.85. The number of nitrogens with one attached hydrogen (secondary N) is 2. The first-order valence-corrected chi connectivity index (χ1v) is 7.10. The number of rotatable bonds is 3. The zero-order valence-corrected chi connectivity index (χ0v) is 12.3. The van der Waals surface area contributed by atoms with Gasteiger partial charge in [0.15, 0.2) is 0 Å². The first-order chi connectivity index (χ1) is 10.5. The summed E-state index contributed by atoms with van der Waals surface area (Å²) in [5.74, 6) is -3.51. The molecule has 2 atom stereocenters. The maximum atomic E-state index is 12.1. The van der Waals surface area contributed by atoms with Crippen LogP contribution in [-0.2, 0) is 9.59 Å². The van der Waals surface area contributed by atoms with Crippen molar-refractivity contribution in [2.75, 3.05) is 0 Å². The van der Waals surface area contributed by atoms with E-state index in [1.807, 2.05) is 0 Å². The van der Waals surface area contributed by atoms with Gasteiger partial charge in [-0.3, -0.25) is 25.2 Å². The molecule has 0 spiro atoms. The summed E-state index contributed by atoms with van der Waals surface area (Å²) >= 11 is 5.73. The Balaban J connectivity index is 1.94. The van der Waals surface area contributed by atoms with Crippen molar-refractivity contribution in [1.29, 1.82) is 0 Å². The summed E-state index contributed by atoms with van der Waals surface area (Å²) < 4.78 is 0. The molecular weight excluding hydrogens is 308 g/mol. The second-order valence-electron chi connectivity index (χ2n) is 4.94. The highest BCUT2D eigenvalue weighted by molar-refractivity contribution is 6.30. The standard InChI is InChI=1S/C15H15ClN2O4/c16-10-7-5-9(6-8-10)13(19)17-18-14(20)11-3-1-2-4-12(11)15(21)22/h1-2,5-8,11-12H,3-4H2,(H,17,19)(H,18,20)(H,21,22)/t11-,12-/m0/s1. The minimum absolute atomic E-state index is 0.304. The highest BCUT2D eigenvalue weighted by Gasteiger charge is 2.34. The lowest BCUT2D eigenvalue weighted by molar-refractivity contribution is -0.147. The molecule has 0 heterocycles. The Bertz CT molecular complexity index is 612. The number of halogens is 1. The van der Waals surface area contributed by atoms with Crippen LogP contribution < -0.4 is 10.9 Å². The number of allylic oxidation sites excluding steroid dienone is 2. The minimum atomic E-state index is -1.02. The van der Waals surface area contributed by atoms with E-state index in [9.17, 15) is 14.4 Å². The number of amides is 2. The molecule has 2 amide bonds. The van der Waals surface area contributed by atoms with Gasteiger partial charge in [-0.15, -0.1) is 0 Å². The van der Waals surface area contributed by atoms with Crippen LogP contribution in [-0.4, -0.2) is 22.9 Å². The first-order valence-electron chi connectivity index (χ1n) is 6.72. The molecule has 22 heavy (non-hydrogen) atoms. The van der Waals surface area contributed by atoms with Crippen molar-refractivity contribution in [3.8, 4) is 0 Å². The fraction of sp³-hybridized carbons (Fsp3) is 0.267. The van der Waals surface area contributed by atoms with Crippen LogP contribution in [0.2, 0.25) is 5.02 Å². The molecular formula is C15H15ClN2O4. The summed E-state index contributed by atoms with van der Waals surface area (Å²) in [7, 11) is 0. The molecule has 7 heteroatoms. The summed E-state index contributed by atoms with van der Waals surface area (Å²) in [4.78, 5) is 35.1. The second-order valence-corrected chi connectivity index (χ2v) is 5.38. The van der Waals surface area contributed by atoms with Crippen molar-refractivity contribution in [3.63, 3.8) is 0 Å². The van der Waals surface area contributed by atoms with Gasteiger partial charge in [-0.25, -0.2) is 0 Å². The molecule has 1 aromatic carbocycles. The molecule has 0 aromatic heterocycles. The van der Waals surface area contributed by atoms with E-state index in [0.29, 0.717) is 23.4 Å². The van der Waals surface area contributed by atoms with Crippen molar-refractivity contribution in [1.82, 2.24) is 10.9 Å². The van der Waals surface area contributed by atoms with Crippen molar-refractivity contribution < 1.29 is 19.5 Å². The third-order valence-electron chi connectivity index (χ3n) is 3.49. The third-order valence-corrected chi connectivity index (χ3v) is 3.74. The van der Waals surface area contributed by atoms with E-state index in [-0.39, 0.29) is 0 Å². The number of carboxylic acid groups (broad SMARTS) is 1. The summed E-state index contributed by atoms with van der Waals surface area (Å²) in [6.45, 7) is 0. The molecule has 116 valence electrons. The van der Waals surface area contributed by atoms with Gasteiger partial charge in [0.05, 0.1) is 11.8 Å². The number of carboxylic acids is 1. The molecule has 0 saturated carbocycles. The topological polar surface area (TPSA) is 95.5 Å². The Morgan fingerprint density at radius 2 is 1.59 bits per heavy atom. The number of hydrogen-bond donors (Lipinski definition) is 3. The van der Waals surface area contributed by atoms with Crippen molar-refractivity contribution in [2.45, 2.75) is 12.8 Å². The quantitative estimate of drug-likeness (QED) is 0.584. The molecule has 0 saturated heterocycles. The molecule has 0 unspecified atom stereocenters. The number of hydrazine groups is 1. The molecule has 0 bridgehead atoms. The summed E-state index contributed by atoms with van der Waals surface area (Å²) in [5, 5.41) is 9.62. The zero-order valence-electron chi connectivity index (χ0n) is 11.6. The molecule has 6 nitrogen and oxygen atoms in total. The number of hydrogen-bond acceptors (Lipinski definition) is 3. The summed E-state index contributed by atoms with van der Waals surface area (Å²) in [5.41, 5.74) is 4.89. The Kier molecular flexibility index (Phi) is 5.16. The van der Waals surface area contributed by atoms with Crippen LogP contribution in [0.15, 0.2) is 36.4 Å². The van der Waals surface area contributed by atoms with Crippen LogP contribution in [0.25, 0.3) is 0 Å². The summed E-state index contributed by atoms with van der Waals surface area (Å²) in [6.07, 6.45) is 4.15. The van der Waals surface area contributed by atoms with E-state index in [0.717, 1.165) is 0 Å².